The van der Waals surface area contributed by atoms with Crippen molar-refractivity contribution in [2.24, 2.45) is 0 Å². The van der Waals surface area contributed by atoms with Gasteiger partial charge in [0.05, 0.1) is 107 Å². The van der Waals surface area contributed by atoms with E-state index in [1.54, 1.807) is 10.6 Å². The topological polar surface area (TPSA) is 733 Å². The Balaban J connectivity index is 0.000000125. The van der Waals surface area contributed by atoms with E-state index in [4.69, 9.17) is 181 Å². The minimum atomic E-state index is -4.44. The van der Waals surface area contributed by atoms with Crippen LogP contribution in [-0.4, -0.2) is 276 Å². The summed E-state index contributed by atoms with van der Waals surface area (Å²) in [5.41, 5.74) is 34.3. The fourth-order valence-corrected chi connectivity index (χ4v) is 25.4. The zero-order valence-corrected chi connectivity index (χ0v) is 78.0. The van der Waals surface area contributed by atoms with Crippen LogP contribution in [0.2, 0.25) is 0 Å². The summed E-state index contributed by atoms with van der Waals surface area (Å²) >= 11 is 30.3. The Bertz CT molecular complexity index is 6930. The third-order valence-electron chi connectivity index (χ3n) is 22.7. The van der Waals surface area contributed by atoms with Crippen molar-refractivity contribution >= 4 is 214 Å². The van der Waals surface area contributed by atoms with Gasteiger partial charge in [-0.25, -0.2) is 67.0 Å². The van der Waals surface area contributed by atoms with Crippen LogP contribution in [0.1, 0.15) is 43.8 Å². The van der Waals surface area contributed by atoms with E-state index < -0.39 is 224 Å². The molecule has 55 nitrogen and oxygen atoms in total. The average Bonchev–Trinajstić information content (AvgIpc) is 1.55. The number of aromatic amines is 3. The van der Waals surface area contributed by atoms with Gasteiger partial charge in [0.1, 0.15) is 89.3 Å². The Hall–Kier alpha value is -7.70. The molecule has 6 unspecified atom stereocenters. The van der Waals surface area contributed by atoms with Crippen molar-refractivity contribution in [3.63, 3.8) is 0 Å². The van der Waals surface area contributed by atoms with Gasteiger partial charge in [-0.15, -0.1) is 0 Å². The number of aromatic nitrogens is 21. The maximum atomic E-state index is 16.0. The van der Waals surface area contributed by atoms with Crippen LogP contribution in [0, 0.1) is 0 Å². The molecule has 29 atom stereocenters. The molecule has 0 aromatic carbocycles. The molecule has 0 saturated carbocycles. The number of H-pyrrole nitrogens is 3. The lowest BCUT2D eigenvalue weighted by molar-refractivity contribution is -0.183. The van der Waals surface area contributed by atoms with E-state index in [2.05, 4.69) is 87.0 Å². The quantitative estimate of drug-likeness (QED) is 0.0639. The Labute approximate surface area is 778 Å². The molecule has 0 amide bonds. The first-order valence-electron chi connectivity index (χ1n) is 39.5. The molecule has 12 aromatic rings. The Morgan fingerprint density at radius 3 is 1.19 bits per heavy atom. The molecule has 71 heteroatoms. The van der Waals surface area contributed by atoms with Crippen molar-refractivity contribution in [2.75, 3.05) is 80.7 Å². The van der Waals surface area contributed by atoms with Crippen molar-refractivity contribution in [1.82, 2.24) is 102 Å². The Morgan fingerprint density at radius 2 is 0.741 bits per heavy atom. The second-order valence-electron chi connectivity index (χ2n) is 31.3. The molecule has 10 fully saturated rings. The number of hydrogen-bond donors (Lipinski definition) is 15. The number of nitrogens with two attached hydrogens (primary N) is 6. The van der Waals surface area contributed by atoms with E-state index in [0.717, 1.165) is 21.8 Å². The molecular weight excluding hydrogens is 2050 g/mol. The molecule has 724 valence electrons. The van der Waals surface area contributed by atoms with Crippen molar-refractivity contribution < 1.29 is 134 Å². The first kappa shape index (κ1) is 94.9. The van der Waals surface area contributed by atoms with Crippen LogP contribution in [-0.2, 0) is 151 Å². The second kappa shape index (κ2) is 35.8. The molecule has 22 heterocycles. The number of nitrogen functional groups attached to an aromatic ring is 6. The number of pyridine rings is 3. The van der Waals surface area contributed by atoms with Crippen molar-refractivity contribution in [2.45, 2.75) is 147 Å². The Morgan fingerprint density at radius 1 is 0.385 bits per heavy atom. The minimum absolute atomic E-state index is 0.0111. The lowest BCUT2D eigenvalue weighted by atomic mass is 10.0. The zero-order chi connectivity index (χ0) is 95.0. The molecule has 0 aliphatic carbocycles. The van der Waals surface area contributed by atoms with E-state index in [1.165, 1.54) is 69.7 Å². The monoisotopic (exact) mass is 2120 g/mol. The smallest absolute Gasteiger partial charge is 0.386 e. The number of ether oxygens (including phenoxy) is 7. The van der Waals surface area contributed by atoms with Crippen LogP contribution in [0.25, 0.3) is 67.0 Å². The number of alkyl halides is 4. The van der Waals surface area contributed by atoms with Crippen molar-refractivity contribution in [1.29, 1.82) is 0 Å². The van der Waals surface area contributed by atoms with E-state index in [0.29, 0.717) is 28.1 Å². The highest BCUT2D eigenvalue weighted by atomic mass is 32.7. The summed E-state index contributed by atoms with van der Waals surface area (Å²) in [6, 6.07) is 4.66. The van der Waals surface area contributed by atoms with Gasteiger partial charge in [-0.1, -0.05) is 12.2 Å². The number of hydrogen-bond acceptors (Lipinski definition) is 46. The highest BCUT2D eigenvalue weighted by Gasteiger charge is 2.66. The van der Waals surface area contributed by atoms with Crippen LogP contribution >= 0.6 is 52.6 Å². The van der Waals surface area contributed by atoms with Gasteiger partial charge in [0, 0.05) is 25.0 Å². The lowest BCUT2D eigenvalue weighted by Crippen LogP contribution is -2.45. The number of imidazole rings is 6. The van der Waals surface area contributed by atoms with Crippen LogP contribution in [0.5, 0.6) is 0 Å². The van der Waals surface area contributed by atoms with Gasteiger partial charge in [-0.3, -0.25) is 83.9 Å². The maximum Gasteiger partial charge on any atom is 0.386 e. The average molecular weight is 2120 g/mol. The molecule has 10 saturated heterocycles. The SMILES string of the molecule is Nc1nc2c(ncn2[C@@H]2O[C@@H]3COP(=O)(S)O[C@H]4[C@H](F)[C@H](n5cnc6c(N)ccnc65)O[C@@H]4COP(O)(=S)O[C@@H]2[C@@H]3F)c(=O)[nH]1.Nc1nc2c(ncn2[C@@H]2O[C@@H]3COP(O)(=S)O[C@H]4[C@H](F)[C@H](n5cnc6c(N)ccnc65)O[C@@H]4COP(O)(=S)O[C@@H]2[C@H]3F)c(=O)[nH]1.Nc1nc2c(ncn2[C@@H]2O[C@@H]3COP(O)(=S)O[C@H]4[C@H]5OC[C@]4(COP(O)(=S)O[C@@H]2C3)O[C@H]5n2cnc3c(N)ccnc32)c(=O)[nH]1. The molecule has 0 spiro atoms. The zero-order valence-electron chi connectivity index (χ0n) is 67.6. The summed E-state index contributed by atoms with van der Waals surface area (Å²) in [6.45, 7) is -28.8. The fourth-order valence-electron chi connectivity index (χ4n) is 16.7. The van der Waals surface area contributed by atoms with Crippen LogP contribution in [0.3, 0.4) is 0 Å². The number of nitrogens with zero attached hydrogens (tertiary/aromatic N) is 18. The number of halogens is 4. The summed E-state index contributed by atoms with van der Waals surface area (Å²) in [5, 5.41) is 0. The Kier molecular flexibility index (Phi) is 25.2. The molecule has 12 aromatic heterocycles. The summed E-state index contributed by atoms with van der Waals surface area (Å²) in [6.07, 6.45) is -19.5. The number of nitrogens with one attached hydrogen (secondary N) is 3. The third kappa shape index (κ3) is 18.1. The highest BCUT2D eigenvalue weighted by molar-refractivity contribution is 8.44. The normalized spacial score (nSPS) is 38.0. The number of fused-ring (bicyclic) bond motifs is 14. The molecule has 8 bridgehead atoms. The standard InChI is InChI=1S/C22H25N9O10P2S2.2C21H23F2N9O9P2S2/c23-10-1-2-25-16-12(10)26-7-30(16)20-14-15-22(39-20,5-35-14)6-37-43(34,45)40-11-3-9(4-36-42(33,44)41-15)38-19(11)31-8-27-13-17(31)28-21(24)29-18(13)32;2*22-10-8-3-36-42(34,44)40-14-9(39-19(11(14)23)31-5-27-12-7(24)1-2-26-16(12)31)4-37-43(35,45)41-15(10)20(38-8)32-6-28-13-17(32)29-21(25)30-18(13)33/h1-2,7-9,11,14-15,19-20H,3-6H2,(H2,23,25)(H,33,44)(H,34,45)(H3,24,28,29,32);2*1-2,5-6,8-11,14-15,19-20H,3-4H2,(H2,24,26)(H,34,44)(H,35,45)(H3,25,29,30,33)/t9-,11+,14+,15-,19+,20+,22+,42?,43?;8-,9-,10+,11+,14-,15-,19-,20-,42?,43?;8-,9-,10-,11+,14-,15-,19-,20-,42?,43?/m011/s1. The minimum Gasteiger partial charge on any atom is -0.397 e. The van der Waals surface area contributed by atoms with E-state index in [-0.39, 0.29) is 100 Å². The van der Waals surface area contributed by atoms with Crippen LogP contribution < -0.4 is 51.1 Å². The molecule has 0 radical (unpaired) electrons. The van der Waals surface area contributed by atoms with Gasteiger partial charge in [0.15, 0.2) is 112 Å². The molecular formula is C64H71F4N27O28P6S6. The lowest BCUT2D eigenvalue weighted by Gasteiger charge is -2.33. The fraction of sp³-hybridized carbons (Fsp3) is 0.484. The molecule has 10 aliphatic rings. The van der Waals surface area contributed by atoms with E-state index in [1.807, 2.05) is 0 Å². The van der Waals surface area contributed by atoms with Crippen molar-refractivity contribution in [3.05, 3.63) is 106 Å². The first-order valence-corrected chi connectivity index (χ1v) is 55.2. The summed E-state index contributed by atoms with van der Waals surface area (Å²) in [5.74, 6) is -0.647. The number of rotatable bonds is 6. The van der Waals surface area contributed by atoms with Crippen LogP contribution in [0.15, 0.2) is 89.1 Å². The number of anilines is 6. The molecule has 22 rings (SSSR count). The maximum absolute atomic E-state index is 16.0. The van der Waals surface area contributed by atoms with Gasteiger partial charge < -0.3 is 119 Å². The van der Waals surface area contributed by atoms with Gasteiger partial charge in [-0.2, -0.15) is 15.0 Å². The van der Waals surface area contributed by atoms with E-state index in [9.17, 15) is 43.4 Å². The van der Waals surface area contributed by atoms with E-state index >= 15 is 17.6 Å². The number of thiol groups is 1. The van der Waals surface area contributed by atoms with Gasteiger partial charge in [-0.05, 0) is 77.2 Å². The summed E-state index contributed by atoms with van der Waals surface area (Å²) in [7, 11) is 0. The summed E-state index contributed by atoms with van der Waals surface area (Å²) in [4.78, 5) is 149. The largest absolute Gasteiger partial charge is 0.397 e. The third-order valence-corrected chi connectivity index (χ3v) is 32.1. The second-order valence-corrected chi connectivity index (χ2v) is 48.1. The van der Waals surface area contributed by atoms with Crippen molar-refractivity contribution in [3.8, 4) is 0 Å². The van der Waals surface area contributed by atoms with Gasteiger partial charge in [0.25, 0.3) is 16.7 Å². The molecule has 135 heavy (non-hydrogen) atoms. The predicted octanol–water partition coefficient (Wildman–Crippen LogP) is 1.66. The molecule has 20 N–H and O–H groups in total. The summed E-state index contributed by atoms with van der Waals surface area (Å²) < 4.78 is 195. The first-order chi connectivity index (χ1) is 64.1. The van der Waals surface area contributed by atoms with Gasteiger partial charge in [0.2, 0.25) is 17.8 Å². The molecule has 10 aliphatic heterocycles. The van der Waals surface area contributed by atoms with Crippen LogP contribution in [0.4, 0.5) is 52.5 Å². The highest BCUT2D eigenvalue weighted by Crippen LogP contribution is 2.63. The predicted molar refractivity (Wildman–Crippen MR) is 474 cm³/mol. The van der Waals surface area contributed by atoms with Gasteiger partial charge >= 0.3 is 40.4 Å².